The molecule has 0 fully saturated rings. The van der Waals surface area contributed by atoms with E-state index in [0.29, 0.717) is 37.1 Å². The summed E-state index contributed by atoms with van der Waals surface area (Å²) in [6.07, 6.45) is 0.499. The molecule has 2 heterocycles. The zero-order chi connectivity index (χ0) is 17.0. The van der Waals surface area contributed by atoms with E-state index in [1.54, 1.807) is 6.07 Å². The van der Waals surface area contributed by atoms with Crippen molar-refractivity contribution in [3.05, 3.63) is 17.3 Å². The van der Waals surface area contributed by atoms with Gasteiger partial charge in [0.25, 0.3) is 11.9 Å². The molecule has 124 valence electrons. The normalized spacial score (nSPS) is 10.6. The molecule has 9 nitrogen and oxygen atoms in total. The third-order valence-electron chi connectivity index (χ3n) is 3.02. The molecule has 0 radical (unpaired) electrons. The van der Waals surface area contributed by atoms with Gasteiger partial charge < -0.3 is 20.9 Å². The molecule has 2 aromatic rings. The van der Waals surface area contributed by atoms with Crippen molar-refractivity contribution in [1.29, 1.82) is 0 Å². The zero-order valence-corrected chi connectivity index (χ0v) is 13.4. The highest BCUT2D eigenvalue weighted by Crippen LogP contribution is 2.23. The van der Waals surface area contributed by atoms with Crippen molar-refractivity contribution in [2.75, 3.05) is 18.9 Å². The van der Waals surface area contributed by atoms with E-state index in [-0.39, 0.29) is 17.3 Å². The van der Waals surface area contributed by atoms with E-state index in [9.17, 15) is 4.79 Å². The molecule has 0 unspecified atom stereocenters. The number of nitrogens with two attached hydrogens (primary N) is 2. The molecule has 23 heavy (non-hydrogen) atoms. The number of carbonyl (C=O) groups excluding carboxylic acids is 1. The largest absolute Gasteiger partial charge is 0.478 e. The van der Waals surface area contributed by atoms with Gasteiger partial charge in [-0.05, 0) is 20.3 Å². The van der Waals surface area contributed by atoms with Gasteiger partial charge in [-0.3, -0.25) is 4.79 Å². The van der Waals surface area contributed by atoms with Crippen molar-refractivity contribution in [3.8, 4) is 17.7 Å². The fourth-order valence-electron chi connectivity index (χ4n) is 2.08. The lowest BCUT2D eigenvalue weighted by Crippen LogP contribution is -2.15. The molecule has 0 bridgehead atoms. The van der Waals surface area contributed by atoms with Crippen LogP contribution in [0.3, 0.4) is 0 Å². The van der Waals surface area contributed by atoms with E-state index in [1.807, 2.05) is 20.8 Å². The SMILES string of the molecule is CCOc1cc(OCC)nc(-n2nc(CC)c(C(N)=O)c2N)n1. The summed E-state index contributed by atoms with van der Waals surface area (Å²) in [5.74, 6) is 0.255. The predicted molar refractivity (Wildman–Crippen MR) is 83.8 cm³/mol. The van der Waals surface area contributed by atoms with Crippen molar-refractivity contribution in [2.24, 2.45) is 5.73 Å². The summed E-state index contributed by atoms with van der Waals surface area (Å²) in [6, 6.07) is 1.58. The average Bonchev–Trinajstić information content (AvgIpc) is 2.84. The Morgan fingerprint density at radius 3 is 2.13 bits per heavy atom. The molecule has 1 amide bonds. The summed E-state index contributed by atoms with van der Waals surface area (Å²) in [5.41, 5.74) is 12.0. The Kier molecular flexibility index (Phi) is 4.99. The fourth-order valence-corrected chi connectivity index (χ4v) is 2.08. The molecule has 0 spiro atoms. The quantitative estimate of drug-likeness (QED) is 0.767. The Morgan fingerprint density at radius 1 is 1.17 bits per heavy atom. The molecule has 9 heteroatoms. The number of primary amides is 1. The number of rotatable bonds is 7. The van der Waals surface area contributed by atoms with Crippen molar-refractivity contribution in [3.63, 3.8) is 0 Å². The minimum atomic E-state index is -0.642. The van der Waals surface area contributed by atoms with Gasteiger partial charge in [-0.25, -0.2) is 0 Å². The number of hydrogen-bond acceptors (Lipinski definition) is 7. The number of hydrogen-bond donors (Lipinski definition) is 2. The number of aromatic nitrogens is 4. The highest BCUT2D eigenvalue weighted by Gasteiger charge is 2.22. The first kappa shape index (κ1) is 16.5. The van der Waals surface area contributed by atoms with Crippen LogP contribution in [0.5, 0.6) is 11.8 Å². The van der Waals surface area contributed by atoms with E-state index in [1.165, 1.54) is 4.68 Å². The van der Waals surface area contributed by atoms with Crippen LogP contribution in [0.1, 0.15) is 36.8 Å². The standard InChI is InChI=1S/C14H20N6O3/c1-4-8-11(13(16)21)12(15)20(19-8)14-17-9(22-5-2)7-10(18-14)23-6-3/h7H,4-6,15H2,1-3H3,(H2,16,21). The van der Waals surface area contributed by atoms with Gasteiger partial charge in [0.15, 0.2) is 0 Å². The Morgan fingerprint density at radius 2 is 1.74 bits per heavy atom. The highest BCUT2D eigenvalue weighted by atomic mass is 16.5. The van der Waals surface area contributed by atoms with Crippen LogP contribution in [0.25, 0.3) is 5.95 Å². The molecular formula is C14H20N6O3. The lowest BCUT2D eigenvalue weighted by molar-refractivity contribution is 0.100. The lowest BCUT2D eigenvalue weighted by atomic mass is 10.2. The third-order valence-corrected chi connectivity index (χ3v) is 3.02. The number of carbonyl (C=O) groups is 1. The maximum Gasteiger partial charge on any atom is 0.259 e. The third kappa shape index (κ3) is 3.33. The van der Waals surface area contributed by atoms with Gasteiger partial charge in [-0.2, -0.15) is 19.7 Å². The average molecular weight is 320 g/mol. The molecule has 0 atom stereocenters. The number of nitrogens with zero attached hydrogens (tertiary/aromatic N) is 4. The molecule has 0 aliphatic carbocycles. The molecule has 2 rings (SSSR count). The first-order chi connectivity index (χ1) is 11.0. The smallest absolute Gasteiger partial charge is 0.259 e. The molecule has 0 aromatic carbocycles. The number of anilines is 1. The van der Waals surface area contributed by atoms with Crippen molar-refractivity contribution < 1.29 is 14.3 Å². The van der Waals surface area contributed by atoms with Crippen LogP contribution in [-0.4, -0.2) is 38.9 Å². The number of amides is 1. The first-order valence-electron chi connectivity index (χ1n) is 7.33. The van der Waals surface area contributed by atoms with Gasteiger partial charge in [-0.15, -0.1) is 0 Å². The van der Waals surface area contributed by atoms with Crippen molar-refractivity contribution >= 4 is 11.7 Å². The number of nitrogen functional groups attached to an aromatic ring is 1. The molecule has 0 aliphatic heterocycles. The lowest BCUT2D eigenvalue weighted by Gasteiger charge is -2.09. The monoisotopic (exact) mass is 320 g/mol. The van der Waals surface area contributed by atoms with Crippen LogP contribution in [0, 0.1) is 0 Å². The van der Waals surface area contributed by atoms with E-state index < -0.39 is 5.91 Å². The van der Waals surface area contributed by atoms with Gasteiger partial charge in [0, 0.05) is 0 Å². The molecule has 0 aliphatic rings. The summed E-state index contributed by atoms with van der Waals surface area (Å²) in [4.78, 5) is 20.1. The van der Waals surface area contributed by atoms with Crippen LogP contribution < -0.4 is 20.9 Å². The second-order valence-corrected chi connectivity index (χ2v) is 4.55. The van der Waals surface area contributed by atoms with E-state index in [4.69, 9.17) is 20.9 Å². The molecular weight excluding hydrogens is 300 g/mol. The highest BCUT2D eigenvalue weighted by molar-refractivity contribution is 5.98. The van der Waals surface area contributed by atoms with Gasteiger partial charge >= 0.3 is 0 Å². The summed E-state index contributed by atoms with van der Waals surface area (Å²) in [5, 5.41) is 4.28. The summed E-state index contributed by atoms with van der Waals surface area (Å²) < 4.78 is 12.1. The van der Waals surface area contributed by atoms with Crippen LogP contribution in [0.4, 0.5) is 5.82 Å². The minimum Gasteiger partial charge on any atom is -0.478 e. The van der Waals surface area contributed by atoms with Crippen molar-refractivity contribution in [2.45, 2.75) is 27.2 Å². The Labute approximate surface area is 133 Å². The van der Waals surface area contributed by atoms with Gasteiger partial charge in [0.05, 0.1) is 25.0 Å². The number of ether oxygens (including phenoxy) is 2. The molecule has 2 aromatic heterocycles. The van der Waals surface area contributed by atoms with E-state index >= 15 is 0 Å². The summed E-state index contributed by atoms with van der Waals surface area (Å²) >= 11 is 0. The van der Waals surface area contributed by atoms with Gasteiger partial charge in [-0.1, -0.05) is 6.92 Å². The van der Waals surface area contributed by atoms with Crippen LogP contribution in [-0.2, 0) is 6.42 Å². The van der Waals surface area contributed by atoms with E-state index in [0.717, 1.165) is 0 Å². The topological polar surface area (TPSA) is 131 Å². The van der Waals surface area contributed by atoms with Gasteiger partial charge in [0.1, 0.15) is 11.4 Å². The van der Waals surface area contributed by atoms with Crippen LogP contribution in [0.15, 0.2) is 6.07 Å². The summed E-state index contributed by atoms with van der Waals surface area (Å²) in [7, 11) is 0. The molecule has 0 saturated heterocycles. The Bertz CT molecular complexity index is 689. The first-order valence-corrected chi connectivity index (χ1v) is 7.33. The second kappa shape index (κ2) is 6.95. The Balaban J connectivity index is 2.58. The Hall–Kier alpha value is -2.84. The zero-order valence-electron chi connectivity index (χ0n) is 13.4. The number of aryl methyl sites for hydroxylation is 1. The van der Waals surface area contributed by atoms with Crippen LogP contribution >= 0.6 is 0 Å². The molecule has 0 saturated carbocycles. The summed E-state index contributed by atoms with van der Waals surface area (Å²) in [6.45, 7) is 6.39. The maximum absolute atomic E-state index is 11.6. The second-order valence-electron chi connectivity index (χ2n) is 4.55. The van der Waals surface area contributed by atoms with E-state index in [2.05, 4.69) is 15.1 Å². The fraction of sp³-hybridized carbons (Fsp3) is 0.429. The van der Waals surface area contributed by atoms with Crippen LogP contribution in [0.2, 0.25) is 0 Å². The maximum atomic E-state index is 11.6. The van der Waals surface area contributed by atoms with Gasteiger partial charge in [0.2, 0.25) is 11.8 Å². The predicted octanol–water partition coefficient (Wildman–Crippen LogP) is 0.703. The molecule has 4 N–H and O–H groups in total. The van der Waals surface area contributed by atoms with Crippen molar-refractivity contribution in [1.82, 2.24) is 19.7 Å². The minimum absolute atomic E-state index is 0.0884.